The highest BCUT2D eigenvalue weighted by atomic mass is 35.5. The zero-order valence-electron chi connectivity index (χ0n) is 11.5. The lowest BCUT2D eigenvalue weighted by atomic mass is 10.1. The number of aryl methyl sites for hydroxylation is 2. The summed E-state index contributed by atoms with van der Waals surface area (Å²) in [6.07, 6.45) is 1.75. The van der Waals surface area contributed by atoms with Crippen molar-refractivity contribution in [2.24, 2.45) is 0 Å². The summed E-state index contributed by atoms with van der Waals surface area (Å²) in [6.45, 7) is 2.63. The molecule has 0 bridgehead atoms. The third-order valence-electron chi connectivity index (χ3n) is 3.15. The van der Waals surface area contributed by atoms with Crippen molar-refractivity contribution in [3.8, 4) is 0 Å². The Balaban J connectivity index is 1.79. The number of hydrogen-bond acceptors (Lipinski definition) is 1. The zero-order valence-corrected chi connectivity index (χ0v) is 12.3. The Hall–Kier alpha value is -1.80. The monoisotopic (exact) mass is 287 g/mol. The number of amides is 1. The lowest BCUT2D eigenvalue weighted by Gasteiger charge is -2.07. The third kappa shape index (κ3) is 4.10. The molecule has 2 aromatic rings. The van der Waals surface area contributed by atoms with E-state index in [4.69, 9.17) is 11.6 Å². The van der Waals surface area contributed by atoms with Gasteiger partial charge in [0.25, 0.3) is 5.91 Å². The van der Waals surface area contributed by atoms with Gasteiger partial charge in [-0.05, 0) is 43.5 Å². The molecule has 20 heavy (non-hydrogen) atoms. The van der Waals surface area contributed by atoms with Crippen molar-refractivity contribution in [2.45, 2.75) is 19.8 Å². The molecule has 0 aliphatic carbocycles. The standard InChI is InChI=1S/C17H18ClNO/c1-13-6-4-8-15(12-13)17(20)19-11-5-9-14-7-2-3-10-16(14)18/h2-4,6-8,10,12H,5,9,11H2,1H3,(H,19,20). The summed E-state index contributed by atoms with van der Waals surface area (Å²) in [4.78, 5) is 11.9. The SMILES string of the molecule is Cc1cccc(C(=O)NCCCc2ccccc2Cl)c1. The number of rotatable bonds is 5. The molecule has 2 aromatic carbocycles. The molecule has 0 heterocycles. The molecular formula is C17H18ClNO. The van der Waals surface area contributed by atoms with E-state index in [0.29, 0.717) is 12.1 Å². The molecule has 0 aliphatic heterocycles. The van der Waals surface area contributed by atoms with Gasteiger partial charge in [-0.2, -0.15) is 0 Å². The van der Waals surface area contributed by atoms with E-state index < -0.39 is 0 Å². The molecule has 0 unspecified atom stereocenters. The second-order valence-corrected chi connectivity index (χ2v) is 5.23. The van der Waals surface area contributed by atoms with E-state index in [2.05, 4.69) is 5.32 Å². The molecule has 104 valence electrons. The molecule has 1 N–H and O–H groups in total. The minimum Gasteiger partial charge on any atom is -0.352 e. The van der Waals surface area contributed by atoms with Gasteiger partial charge in [0.15, 0.2) is 0 Å². The minimum absolute atomic E-state index is 0.0205. The summed E-state index contributed by atoms with van der Waals surface area (Å²) in [5.41, 5.74) is 2.93. The maximum atomic E-state index is 11.9. The molecule has 3 heteroatoms. The van der Waals surface area contributed by atoms with Crippen LogP contribution in [0.5, 0.6) is 0 Å². The van der Waals surface area contributed by atoms with Gasteiger partial charge in [0.2, 0.25) is 0 Å². The van der Waals surface area contributed by atoms with E-state index in [1.807, 2.05) is 55.5 Å². The average Bonchev–Trinajstić information content (AvgIpc) is 2.45. The number of benzene rings is 2. The fourth-order valence-corrected chi connectivity index (χ4v) is 2.30. The van der Waals surface area contributed by atoms with Crippen LogP contribution in [0.15, 0.2) is 48.5 Å². The zero-order chi connectivity index (χ0) is 14.4. The van der Waals surface area contributed by atoms with Crippen molar-refractivity contribution in [2.75, 3.05) is 6.54 Å². The van der Waals surface area contributed by atoms with Gasteiger partial charge >= 0.3 is 0 Å². The van der Waals surface area contributed by atoms with Gasteiger partial charge in [-0.15, -0.1) is 0 Å². The Bertz CT molecular complexity index is 595. The highest BCUT2D eigenvalue weighted by molar-refractivity contribution is 6.31. The van der Waals surface area contributed by atoms with Gasteiger partial charge in [-0.3, -0.25) is 4.79 Å². The lowest BCUT2D eigenvalue weighted by molar-refractivity contribution is 0.0953. The fourth-order valence-electron chi connectivity index (χ4n) is 2.07. The number of carbonyl (C=O) groups is 1. The Morgan fingerprint density at radius 3 is 2.70 bits per heavy atom. The average molecular weight is 288 g/mol. The predicted molar refractivity (Wildman–Crippen MR) is 83.3 cm³/mol. The highest BCUT2D eigenvalue weighted by Gasteiger charge is 2.04. The first-order valence-corrected chi connectivity index (χ1v) is 7.13. The van der Waals surface area contributed by atoms with Crippen molar-refractivity contribution in [3.05, 3.63) is 70.2 Å². The van der Waals surface area contributed by atoms with Gasteiger partial charge in [0.05, 0.1) is 0 Å². The summed E-state index contributed by atoms with van der Waals surface area (Å²) in [5.74, 6) is -0.0205. The van der Waals surface area contributed by atoms with Crippen LogP contribution in [0.4, 0.5) is 0 Å². The smallest absolute Gasteiger partial charge is 0.251 e. The van der Waals surface area contributed by atoms with Crippen LogP contribution < -0.4 is 5.32 Å². The normalized spacial score (nSPS) is 10.3. The van der Waals surface area contributed by atoms with E-state index in [1.54, 1.807) is 0 Å². The van der Waals surface area contributed by atoms with Crippen molar-refractivity contribution < 1.29 is 4.79 Å². The van der Waals surface area contributed by atoms with Crippen LogP contribution in [0.25, 0.3) is 0 Å². The van der Waals surface area contributed by atoms with E-state index in [1.165, 1.54) is 0 Å². The van der Waals surface area contributed by atoms with Crippen LogP contribution in [0, 0.1) is 6.92 Å². The molecule has 2 nitrogen and oxygen atoms in total. The molecule has 0 saturated heterocycles. The first-order valence-electron chi connectivity index (χ1n) is 6.75. The van der Waals surface area contributed by atoms with Gasteiger partial charge in [-0.25, -0.2) is 0 Å². The molecular weight excluding hydrogens is 270 g/mol. The van der Waals surface area contributed by atoms with Crippen LogP contribution in [0.1, 0.15) is 27.9 Å². The molecule has 0 spiro atoms. The van der Waals surface area contributed by atoms with Crippen LogP contribution >= 0.6 is 11.6 Å². The molecule has 0 radical (unpaired) electrons. The third-order valence-corrected chi connectivity index (χ3v) is 3.52. The summed E-state index contributed by atoms with van der Waals surface area (Å²) in [7, 11) is 0. The Morgan fingerprint density at radius 2 is 1.95 bits per heavy atom. The summed E-state index contributed by atoms with van der Waals surface area (Å²) >= 11 is 6.09. The molecule has 1 amide bonds. The summed E-state index contributed by atoms with van der Waals surface area (Å²) in [6, 6.07) is 15.4. The number of hydrogen-bond donors (Lipinski definition) is 1. The quantitative estimate of drug-likeness (QED) is 0.827. The fraction of sp³-hybridized carbons (Fsp3) is 0.235. The second-order valence-electron chi connectivity index (χ2n) is 4.82. The highest BCUT2D eigenvalue weighted by Crippen LogP contribution is 2.16. The van der Waals surface area contributed by atoms with Crippen molar-refractivity contribution in [1.82, 2.24) is 5.32 Å². The van der Waals surface area contributed by atoms with Crippen LogP contribution in [-0.4, -0.2) is 12.5 Å². The van der Waals surface area contributed by atoms with Gasteiger partial charge in [0, 0.05) is 17.1 Å². The first-order chi connectivity index (χ1) is 9.66. The second kappa shape index (κ2) is 7.11. The Labute approximate surface area is 124 Å². The largest absolute Gasteiger partial charge is 0.352 e. The van der Waals surface area contributed by atoms with E-state index in [0.717, 1.165) is 29.0 Å². The van der Waals surface area contributed by atoms with Crippen molar-refractivity contribution in [3.63, 3.8) is 0 Å². The van der Waals surface area contributed by atoms with Crippen molar-refractivity contribution >= 4 is 17.5 Å². The van der Waals surface area contributed by atoms with Crippen LogP contribution in [0.2, 0.25) is 5.02 Å². The van der Waals surface area contributed by atoms with Gasteiger partial charge in [-0.1, -0.05) is 47.5 Å². The van der Waals surface area contributed by atoms with E-state index >= 15 is 0 Å². The maximum Gasteiger partial charge on any atom is 0.251 e. The Kier molecular flexibility index (Phi) is 5.19. The molecule has 0 aromatic heterocycles. The van der Waals surface area contributed by atoms with Crippen LogP contribution in [0.3, 0.4) is 0 Å². The van der Waals surface area contributed by atoms with Gasteiger partial charge in [0.1, 0.15) is 0 Å². The summed E-state index contributed by atoms with van der Waals surface area (Å²) in [5, 5.41) is 3.72. The number of carbonyl (C=O) groups excluding carboxylic acids is 1. The number of nitrogens with one attached hydrogen (secondary N) is 1. The molecule has 0 fully saturated rings. The minimum atomic E-state index is -0.0205. The maximum absolute atomic E-state index is 11.9. The first kappa shape index (κ1) is 14.6. The van der Waals surface area contributed by atoms with E-state index in [9.17, 15) is 4.79 Å². The molecule has 0 atom stereocenters. The molecule has 2 rings (SSSR count). The van der Waals surface area contributed by atoms with Crippen LogP contribution in [-0.2, 0) is 6.42 Å². The molecule has 0 aliphatic rings. The van der Waals surface area contributed by atoms with Gasteiger partial charge < -0.3 is 5.32 Å². The summed E-state index contributed by atoms with van der Waals surface area (Å²) < 4.78 is 0. The Morgan fingerprint density at radius 1 is 1.15 bits per heavy atom. The molecule has 0 saturated carbocycles. The lowest BCUT2D eigenvalue weighted by Crippen LogP contribution is -2.24. The predicted octanol–water partition coefficient (Wildman–Crippen LogP) is 4.01. The topological polar surface area (TPSA) is 29.1 Å². The van der Waals surface area contributed by atoms with Crippen molar-refractivity contribution in [1.29, 1.82) is 0 Å². The van der Waals surface area contributed by atoms with E-state index in [-0.39, 0.29) is 5.91 Å². The number of halogens is 1.